The Morgan fingerprint density at radius 3 is 2.21 bits per heavy atom. The van der Waals surface area contributed by atoms with Crippen LogP contribution in [0.15, 0.2) is 59.0 Å². The van der Waals surface area contributed by atoms with E-state index in [0.29, 0.717) is 5.56 Å². The minimum absolute atomic E-state index is 0.0313. The molecule has 4 rings (SSSR count). The number of hydrogen-bond acceptors (Lipinski definition) is 7. The van der Waals surface area contributed by atoms with Crippen LogP contribution in [0.25, 0.3) is 0 Å². The molecule has 9 nitrogen and oxygen atoms in total. The third-order valence-corrected chi connectivity index (χ3v) is 5.53. The van der Waals surface area contributed by atoms with Crippen LogP contribution in [0, 0.1) is 18.3 Å². The number of aryl methyl sites for hydroxylation is 1. The number of nitriles is 1. The summed E-state index contributed by atoms with van der Waals surface area (Å²) in [6.45, 7) is 1.45. The molecule has 3 amide bonds. The van der Waals surface area contributed by atoms with Gasteiger partial charge in [0.2, 0.25) is 11.8 Å². The SMILES string of the molecule is COC(=O)c1c(C)oc(NC(=O)C(Cc2ccccc2)N2C(=O)c3ccccc3C2=O)c1C#N. The monoisotopic (exact) mass is 457 g/mol. The van der Waals surface area contributed by atoms with E-state index in [1.54, 1.807) is 42.5 Å². The van der Waals surface area contributed by atoms with Crippen molar-refractivity contribution >= 4 is 29.6 Å². The van der Waals surface area contributed by atoms with Crippen molar-refractivity contribution in [3.8, 4) is 6.07 Å². The summed E-state index contributed by atoms with van der Waals surface area (Å²) in [7, 11) is 1.16. The summed E-state index contributed by atoms with van der Waals surface area (Å²) in [6.07, 6.45) is 0.0313. The highest BCUT2D eigenvalue weighted by atomic mass is 16.5. The third kappa shape index (κ3) is 3.82. The number of carbonyl (C=O) groups is 4. The molecule has 1 aliphatic rings. The summed E-state index contributed by atoms with van der Waals surface area (Å²) in [5, 5.41) is 12.1. The highest BCUT2D eigenvalue weighted by molar-refractivity contribution is 6.23. The first-order chi connectivity index (χ1) is 16.4. The molecule has 1 aliphatic heterocycles. The van der Waals surface area contributed by atoms with Crippen LogP contribution >= 0.6 is 0 Å². The molecule has 34 heavy (non-hydrogen) atoms. The number of amides is 3. The van der Waals surface area contributed by atoms with Crippen LogP contribution in [0.2, 0.25) is 0 Å². The van der Waals surface area contributed by atoms with Crippen LogP contribution in [0.4, 0.5) is 5.88 Å². The number of hydrogen-bond donors (Lipinski definition) is 1. The van der Waals surface area contributed by atoms with Gasteiger partial charge in [0.25, 0.3) is 11.8 Å². The molecule has 9 heteroatoms. The largest absolute Gasteiger partial charge is 0.465 e. The lowest BCUT2D eigenvalue weighted by molar-refractivity contribution is -0.120. The van der Waals surface area contributed by atoms with Crippen LogP contribution in [-0.2, 0) is 16.0 Å². The average molecular weight is 457 g/mol. The van der Waals surface area contributed by atoms with E-state index >= 15 is 0 Å². The Labute approximate surface area is 194 Å². The zero-order chi connectivity index (χ0) is 24.4. The number of ether oxygens (including phenoxy) is 1. The first-order valence-electron chi connectivity index (χ1n) is 10.3. The van der Waals surface area contributed by atoms with Crippen molar-refractivity contribution in [3.63, 3.8) is 0 Å². The number of furan rings is 1. The number of benzene rings is 2. The molecule has 0 spiro atoms. The lowest BCUT2D eigenvalue weighted by atomic mass is 10.0. The maximum atomic E-state index is 13.4. The second-order valence-corrected chi connectivity index (χ2v) is 7.56. The van der Waals surface area contributed by atoms with Crippen LogP contribution in [0.5, 0.6) is 0 Å². The third-order valence-electron chi connectivity index (χ3n) is 5.53. The van der Waals surface area contributed by atoms with Crippen molar-refractivity contribution in [2.75, 3.05) is 12.4 Å². The minimum atomic E-state index is -1.24. The summed E-state index contributed by atoms with van der Waals surface area (Å²) in [6, 6.07) is 15.8. The number of carbonyl (C=O) groups excluding carboxylic acids is 4. The van der Waals surface area contributed by atoms with Crippen molar-refractivity contribution in [2.24, 2.45) is 0 Å². The highest BCUT2D eigenvalue weighted by Gasteiger charge is 2.43. The molecule has 2 heterocycles. The van der Waals surface area contributed by atoms with E-state index in [-0.39, 0.29) is 40.3 Å². The number of anilines is 1. The highest BCUT2D eigenvalue weighted by Crippen LogP contribution is 2.30. The Morgan fingerprint density at radius 2 is 1.65 bits per heavy atom. The molecule has 3 aromatic rings. The van der Waals surface area contributed by atoms with Gasteiger partial charge in [-0.25, -0.2) is 4.79 Å². The summed E-state index contributed by atoms with van der Waals surface area (Å²) in [4.78, 5) is 52.6. The van der Waals surface area contributed by atoms with Gasteiger partial charge < -0.3 is 9.15 Å². The van der Waals surface area contributed by atoms with Crippen LogP contribution < -0.4 is 5.32 Å². The summed E-state index contributed by atoms with van der Waals surface area (Å²) in [5.74, 6) is -2.91. The quantitative estimate of drug-likeness (QED) is 0.445. The van der Waals surface area contributed by atoms with Gasteiger partial charge in [-0.15, -0.1) is 0 Å². The van der Waals surface area contributed by atoms with Gasteiger partial charge in [0.1, 0.15) is 29.0 Å². The summed E-state index contributed by atoms with van der Waals surface area (Å²) >= 11 is 0. The molecule has 1 N–H and O–H groups in total. The lowest BCUT2D eigenvalue weighted by Crippen LogP contribution is -2.48. The molecule has 2 aromatic carbocycles. The summed E-state index contributed by atoms with van der Waals surface area (Å²) < 4.78 is 10.2. The van der Waals surface area contributed by atoms with Gasteiger partial charge in [-0.3, -0.25) is 24.6 Å². The van der Waals surface area contributed by atoms with E-state index in [0.717, 1.165) is 12.0 Å². The van der Waals surface area contributed by atoms with Gasteiger partial charge in [0.05, 0.1) is 18.2 Å². The second kappa shape index (κ2) is 9.03. The van der Waals surface area contributed by atoms with Crippen molar-refractivity contribution in [2.45, 2.75) is 19.4 Å². The van der Waals surface area contributed by atoms with Crippen LogP contribution in [0.1, 0.15) is 48.0 Å². The van der Waals surface area contributed by atoms with Gasteiger partial charge in [-0.2, -0.15) is 5.26 Å². The van der Waals surface area contributed by atoms with Crippen LogP contribution in [-0.4, -0.2) is 41.7 Å². The predicted molar refractivity (Wildman–Crippen MR) is 119 cm³/mol. The Hall–Kier alpha value is -4.71. The molecule has 0 saturated carbocycles. The molecule has 0 saturated heterocycles. The maximum absolute atomic E-state index is 13.4. The number of nitrogens with zero attached hydrogens (tertiary/aromatic N) is 2. The fourth-order valence-electron chi connectivity index (χ4n) is 3.91. The van der Waals surface area contributed by atoms with E-state index in [4.69, 9.17) is 4.42 Å². The van der Waals surface area contributed by atoms with Gasteiger partial charge in [-0.05, 0) is 24.6 Å². The normalized spacial score (nSPS) is 13.3. The fourth-order valence-corrected chi connectivity index (χ4v) is 3.91. The molecule has 0 bridgehead atoms. The maximum Gasteiger partial charge on any atom is 0.342 e. The molecule has 1 atom stereocenters. The molecular formula is C25H19N3O6. The number of rotatable bonds is 6. The number of imide groups is 1. The molecule has 0 radical (unpaired) electrons. The molecular weight excluding hydrogens is 438 g/mol. The van der Waals surface area contributed by atoms with E-state index in [2.05, 4.69) is 10.1 Å². The molecule has 0 aliphatic carbocycles. The van der Waals surface area contributed by atoms with Gasteiger partial charge in [0.15, 0.2) is 0 Å². The second-order valence-electron chi connectivity index (χ2n) is 7.56. The van der Waals surface area contributed by atoms with Crippen molar-refractivity contribution in [1.82, 2.24) is 4.90 Å². The number of esters is 1. The molecule has 170 valence electrons. The molecule has 1 unspecified atom stereocenters. The molecule has 0 fully saturated rings. The van der Waals surface area contributed by atoms with E-state index in [1.165, 1.54) is 19.1 Å². The molecule has 1 aromatic heterocycles. The van der Waals surface area contributed by atoms with Gasteiger partial charge >= 0.3 is 5.97 Å². The van der Waals surface area contributed by atoms with E-state index in [1.807, 2.05) is 6.07 Å². The topological polar surface area (TPSA) is 130 Å². The first kappa shape index (κ1) is 22.5. The smallest absolute Gasteiger partial charge is 0.342 e. The standard InChI is InChI=1S/C25H19N3O6/c1-14-20(25(32)33-2)18(13-26)22(34-14)27-21(29)19(12-15-8-4-3-5-9-15)28-23(30)16-10-6-7-11-17(16)24(28)31/h3-11,19H,12H2,1-2H3,(H,27,29). The zero-order valence-corrected chi connectivity index (χ0v) is 18.3. The van der Waals surface area contributed by atoms with Gasteiger partial charge in [0, 0.05) is 6.42 Å². The Kier molecular flexibility index (Phi) is 5.97. The number of methoxy groups -OCH3 is 1. The van der Waals surface area contributed by atoms with Gasteiger partial charge in [-0.1, -0.05) is 42.5 Å². The Bertz CT molecular complexity index is 1320. The number of nitrogens with one attached hydrogen (secondary N) is 1. The Morgan fingerprint density at radius 1 is 1.06 bits per heavy atom. The van der Waals surface area contributed by atoms with Crippen molar-refractivity contribution in [3.05, 3.63) is 88.2 Å². The fraction of sp³-hybridized carbons (Fsp3) is 0.160. The Balaban J connectivity index is 1.72. The lowest BCUT2D eigenvalue weighted by Gasteiger charge is -2.25. The van der Waals surface area contributed by atoms with E-state index in [9.17, 15) is 24.4 Å². The van der Waals surface area contributed by atoms with Crippen LogP contribution in [0.3, 0.4) is 0 Å². The number of fused-ring (bicyclic) bond motifs is 1. The minimum Gasteiger partial charge on any atom is -0.465 e. The zero-order valence-electron chi connectivity index (χ0n) is 18.3. The first-order valence-corrected chi connectivity index (χ1v) is 10.3. The van der Waals surface area contributed by atoms with Crippen molar-refractivity contribution in [1.29, 1.82) is 5.26 Å². The summed E-state index contributed by atoms with van der Waals surface area (Å²) in [5.41, 5.74) is 0.806. The predicted octanol–water partition coefficient (Wildman–Crippen LogP) is 3.09. The van der Waals surface area contributed by atoms with E-state index < -0.39 is 29.7 Å². The average Bonchev–Trinajstić information content (AvgIpc) is 3.30. The van der Waals surface area contributed by atoms with Crippen molar-refractivity contribution < 1.29 is 28.3 Å².